The van der Waals surface area contributed by atoms with Gasteiger partial charge in [0.2, 0.25) is 5.69 Å². The lowest BCUT2D eigenvalue weighted by Crippen LogP contribution is -2.30. The van der Waals surface area contributed by atoms with Crippen LogP contribution in [0.5, 0.6) is 0 Å². The summed E-state index contributed by atoms with van der Waals surface area (Å²) in [5, 5.41) is 1.00. The minimum atomic E-state index is -0.355. The van der Waals surface area contributed by atoms with Gasteiger partial charge in [-0.2, -0.15) is 0 Å². The fourth-order valence-corrected chi connectivity index (χ4v) is 3.44. The fraction of sp³-hybridized carbons (Fsp3) is 0.190. The summed E-state index contributed by atoms with van der Waals surface area (Å²) in [6, 6.07) is 8.52. The number of hydrogen-bond donors (Lipinski definition) is 0. The van der Waals surface area contributed by atoms with Crippen molar-refractivity contribution in [2.24, 2.45) is 7.05 Å². The maximum atomic E-state index is 14.8. The van der Waals surface area contributed by atoms with Gasteiger partial charge in [0.1, 0.15) is 24.3 Å². The standard InChI is InChI=1S/C21H18F2NO/c1-11-7-8-24(4)17(9-11)18-12(2)10-16(23)19-14-5-6-15(22)13(3)20(14)25-21(18)19/h5-10H,1-4H3/q+1. The van der Waals surface area contributed by atoms with Crippen LogP contribution in [-0.2, 0) is 7.05 Å². The van der Waals surface area contributed by atoms with Gasteiger partial charge in [-0.15, -0.1) is 0 Å². The smallest absolute Gasteiger partial charge is 0.216 e. The van der Waals surface area contributed by atoms with Crippen LogP contribution in [0.25, 0.3) is 33.2 Å². The molecule has 0 unspecified atom stereocenters. The number of aryl methyl sites for hydroxylation is 4. The van der Waals surface area contributed by atoms with E-state index in [-0.39, 0.29) is 11.6 Å². The van der Waals surface area contributed by atoms with Gasteiger partial charge in [-0.1, -0.05) is 0 Å². The Balaban J connectivity index is 2.22. The monoisotopic (exact) mass is 338 g/mol. The highest BCUT2D eigenvalue weighted by atomic mass is 19.1. The first-order valence-electron chi connectivity index (χ1n) is 8.15. The molecule has 4 aromatic rings. The Morgan fingerprint density at radius 3 is 2.44 bits per heavy atom. The largest absolute Gasteiger partial charge is 0.455 e. The minimum absolute atomic E-state index is 0.351. The van der Waals surface area contributed by atoms with Crippen molar-refractivity contribution in [1.29, 1.82) is 0 Å². The molecule has 0 N–H and O–H groups in total. The van der Waals surface area contributed by atoms with Gasteiger partial charge in [-0.25, -0.2) is 13.3 Å². The first-order valence-corrected chi connectivity index (χ1v) is 8.15. The molecule has 2 heterocycles. The van der Waals surface area contributed by atoms with E-state index < -0.39 is 0 Å². The van der Waals surface area contributed by atoms with Gasteiger partial charge in [0, 0.05) is 23.1 Å². The molecule has 0 aliphatic carbocycles. The van der Waals surface area contributed by atoms with Crippen LogP contribution in [0.4, 0.5) is 8.78 Å². The second-order valence-electron chi connectivity index (χ2n) is 6.61. The highest BCUT2D eigenvalue weighted by Gasteiger charge is 2.24. The molecule has 0 atom stereocenters. The van der Waals surface area contributed by atoms with Crippen LogP contribution in [-0.4, -0.2) is 0 Å². The SMILES string of the molecule is Cc1cc[n+](C)c(-c2c(C)cc(F)c3c2oc2c(C)c(F)ccc23)c1. The molecule has 0 fully saturated rings. The van der Waals surface area contributed by atoms with Gasteiger partial charge in [-0.05, 0) is 50.1 Å². The number of halogens is 2. The molecule has 0 spiro atoms. The van der Waals surface area contributed by atoms with Gasteiger partial charge in [-0.3, -0.25) is 0 Å². The maximum absolute atomic E-state index is 14.8. The fourth-order valence-electron chi connectivity index (χ4n) is 3.44. The first kappa shape index (κ1) is 15.8. The quantitative estimate of drug-likeness (QED) is 0.432. The molecule has 0 bridgehead atoms. The van der Waals surface area contributed by atoms with Crippen LogP contribution in [0.2, 0.25) is 0 Å². The third kappa shape index (κ3) is 2.24. The second-order valence-corrected chi connectivity index (χ2v) is 6.61. The molecule has 2 aromatic heterocycles. The van der Waals surface area contributed by atoms with E-state index in [0.29, 0.717) is 27.5 Å². The lowest BCUT2D eigenvalue weighted by Gasteiger charge is -2.07. The van der Waals surface area contributed by atoms with Gasteiger partial charge in [0.25, 0.3) is 0 Å². The van der Waals surface area contributed by atoms with Crippen molar-refractivity contribution >= 4 is 21.9 Å². The number of rotatable bonds is 1. The summed E-state index contributed by atoms with van der Waals surface area (Å²) < 4.78 is 36.7. The van der Waals surface area contributed by atoms with Gasteiger partial charge >= 0.3 is 0 Å². The van der Waals surface area contributed by atoms with Gasteiger partial charge in [0.05, 0.1) is 10.9 Å². The van der Waals surface area contributed by atoms with Crippen molar-refractivity contribution in [2.75, 3.05) is 0 Å². The lowest BCUT2D eigenvalue weighted by molar-refractivity contribution is -0.660. The number of benzene rings is 2. The van der Waals surface area contributed by atoms with Crippen molar-refractivity contribution in [2.45, 2.75) is 20.8 Å². The minimum Gasteiger partial charge on any atom is -0.455 e. The van der Waals surface area contributed by atoms with Crippen molar-refractivity contribution in [3.63, 3.8) is 0 Å². The van der Waals surface area contributed by atoms with Crippen molar-refractivity contribution in [3.05, 3.63) is 64.9 Å². The Morgan fingerprint density at radius 1 is 0.920 bits per heavy atom. The van der Waals surface area contributed by atoms with Crippen molar-refractivity contribution in [1.82, 2.24) is 0 Å². The molecule has 2 aromatic carbocycles. The third-order valence-electron chi connectivity index (χ3n) is 4.81. The van der Waals surface area contributed by atoms with Crippen LogP contribution < -0.4 is 4.57 Å². The Morgan fingerprint density at radius 2 is 1.68 bits per heavy atom. The molecule has 0 saturated heterocycles. The molecule has 0 radical (unpaired) electrons. The zero-order valence-corrected chi connectivity index (χ0v) is 14.6. The molecule has 0 saturated carbocycles. The lowest BCUT2D eigenvalue weighted by atomic mass is 9.99. The zero-order valence-electron chi connectivity index (χ0n) is 14.6. The predicted molar refractivity (Wildman–Crippen MR) is 94.5 cm³/mol. The highest BCUT2D eigenvalue weighted by molar-refractivity contribution is 6.10. The molecular formula is C21H18F2NO+. The normalized spacial score (nSPS) is 11.6. The number of furan rings is 1. The zero-order chi connectivity index (χ0) is 17.9. The van der Waals surface area contributed by atoms with E-state index in [1.54, 1.807) is 13.0 Å². The summed E-state index contributed by atoms with van der Waals surface area (Å²) in [6.45, 7) is 5.52. The molecular weight excluding hydrogens is 320 g/mol. The molecule has 0 amide bonds. The summed E-state index contributed by atoms with van der Waals surface area (Å²) in [5.41, 5.74) is 4.90. The van der Waals surface area contributed by atoms with E-state index in [9.17, 15) is 8.78 Å². The van der Waals surface area contributed by atoms with E-state index in [0.717, 1.165) is 22.4 Å². The number of aromatic nitrogens is 1. The van der Waals surface area contributed by atoms with Crippen LogP contribution in [0.3, 0.4) is 0 Å². The summed E-state index contributed by atoms with van der Waals surface area (Å²) in [5.74, 6) is -0.706. The maximum Gasteiger partial charge on any atom is 0.216 e. The van der Waals surface area contributed by atoms with Gasteiger partial charge < -0.3 is 4.42 Å². The Labute approximate surface area is 144 Å². The summed E-state index contributed by atoms with van der Waals surface area (Å²) >= 11 is 0. The number of hydrogen-bond acceptors (Lipinski definition) is 1. The Bertz CT molecular complexity index is 1160. The average Bonchev–Trinajstić information content (AvgIpc) is 2.94. The summed E-state index contributed by atoms with van der Waals surface area (Å²) in [7, 11) is 1.94. The van der Waals surface area contributed by atoms with E-state index in [2.05, 4.69) is 0 Å². The predicted octanol–water partition coefficient (Wildman–Crippen LogP) is 5.28. The summed E-state index contributed by atoms with van der Waals surface area (Å²) in [6.07, 6.45) is 1.97. The van der Waals surface area contributed by atoms with Crippen LogP contribution in [0.1, 0.15) is 16.7 Å². The van der Waals surface area contributed by atoms with E-state index in [1.165, 1.54) is 12.1 Å². The van der Waals surface area contributed by atoms with Crippen LogP contribution >= 0.6 is 0 Å². The molecule has 126 valence electrons. The third-order valence-corrected chi connectivity index (χ3v) is 4.81. The Kier molecular flexibility index (Phi) is 3.39. The van der Waals surface area contributed by atoms with Crippen molar-refractivity contribution < 1.29 is 17.8 Å². The van der Waals surface area contributed by atoms with Gasteiger partial charge in [0.15, 0.2) is 11.8 Å². The topological polar surface area (TPSA) is 17.0 Å². The average molecular weight is 338 g/mol. The van der Waals surface area contributed by atoms with E-state index in [4.69, 9.17) is 4.42 Å². The molecule has 25 heavy (non-hydrogen) atoms. The van der Waals surface area contributed by atoms with E-state index in [1.807, 2.05) is 43.8 Å². The second kappa shape index (κ2) is 5.38. The summed E-state index contributed by atoms with van der Waals surface area (Å²) in [4.78, 5) is 0. The first-order chi connectivity index (χ1) is 11.9. The molecule has 4 rings (SSSR count). The number of fused-ring (bicyclic) bond motifs is 3. The number of pyridine rings is 1. The molecule has 2 nitrogen and oxygen atoms in total. The molecule has 4 heteroatoms. The molecule has 0 aliphatic rings. The highest BCUT2D eigenvalue weighted by Crippen LogP contribution is 2.40. The van der Waals surface area contributed by atoms with Crippen LogP contribution in [0.15, 0.2) is 40.9 Å². The molecule has 0 aliphatic heterocycles. The van der Waals surface area contributed by atoms with E-state index >= 15 is 0 Å². The van der Waals surface area contributed by atoms with Crippen LogP contribution in [0, 0.1) is 32.4 Å². The number of nitrogens with zero attached hydrogens (tertiary/aromatic N) is 1. The Hall–Kier alpha value is -2.75. The van der Waals surface area contributed by atoms with Crippen molar-refractivity contribution in [3.8, 4) is 11.3 Å².